The first-order valence-electron chi connectivity index (χ1n) is 5.31. The summed E-state index contributed by atoms with van der Waals surface area (Å²) in [6, 6.07) is 2.01. The number of aromatic nitrogens is 1. The maximum atomic E-state index is 5.72. The van der Waals surface area contributed by atoms with Gasteiger partial charge in [-0.25, -0.2) is 4.98 Å². The third kappa shape index (κ3) is 3.43. The van der Waals surface area contributed by atoms with Gasteiger partial charge in [0.25, 0.3) is 0 Å². The molecular formula is C11H18BrN3O. The fraction of sp³-hybridized carbons (Fsp3) is 0.545. The Morgan fingerprint density at radius 3 is 2.88 bits per heavy atom. The van der Waals surface area contributed by atoms with Gasteiger partial charge in [-0.05, 0) is 28.9 Å². The second kappa shape index (κ2) is 6.83. The van der Waals surface area contributed by atoms with Gasteiger partial charge in [-0.2, -0.15) is 0 Å². The van der Waals surface area contributed by atoms with Crippen LogP contribution < -0.4 is 10.6 Å². The summed E-state index contributed by atoms with van der Waals surface area (Å²) >= 11 is 3.40. The predicted octanol–water partition coefficient (Wildman–Crippen LogP) is 1.78. The Morgan fingerprint density at radius 2 is 2.31 bits per heavy atom. The van der Waals surface area contributed by atoms with Crippen LogP contribution in [0.4, 0.5) is 5.82 Å². The van der Waals surface area contributed by atoms with Gasteiger partial charge in [0.15, 0.2) is 0 Å². The summed E-state index contributed by atoms with van der Waals surface area (Å²) in [5.41, 5.74) is 6.77. The van der Waals surface area contributed by atoms with Gasteiger partial charge in [0.05, 0.1) is 6.61 Å². The summed E-state index contributed by atoms with van der Waals surface area (Å²) in [6.45, 7) is 5.00. The van der Waals surface area contributed by atoms with E-state index in [1.54, 1.807) is 13.3 Å². The van der Waals surface area contributed by atoms with E-state index >= 15 is 0 Å². The lowest BCUT2D eigenvalue weighted by Gasteiger charge is -2.23. The van der Waals surface area contributed by atoms with Crippen LogP contribution in [-0.4, -0.2) is 31.8 Å². The van der Waals surface area contributed by atoms with E-state index in [1.807, 2.05) is 6.07 Å². The van der Waals surface area contributed by atoms with Crippen LogP contribution in [0.15, 0.2) is 16.7 Å². The molecular weight excluding hydrogens is 270 g/mol. The zero-order valence-electron chi connectivity index (χ0n) is 9.74. The highest BCUT2D eigenvalue weighted by atomic mass is 79.9. The molecule has 0 saturated heterocycles. The number of halogens is 1. The number of hydrogen-bond donors (Lipinski definition) is 1. The van der Waals surface area contributed by atoms with Gasteiger partial charge in [0.2, 0.25) is 0 Å². The first kappa shape index (κ1) is 13.4. The molecule has 0 spiro atoms. The summed E-state index contributed by atoms with van der Waals surface area (Å²) < 4.78 is 6.04. The van der Waals surface area contributed by atoms with Crippen molar-refractivity contribution in [3.63, 3.8) is 0 Å². The lowest BCUT2D eigenvalue weighted by Crippen LogP contribution is -2.29. The Balaban J connectivity index is 2.90. The Bertz CT molecular complexity index is 333. The van der Waals surface area contributed by atoms with E-state index in [2.05, 4.69) is 32.7 Å². The summed E-state index contributed by atoms with van der Waals surface area (Å²) in [5, 5.41) is 0. The number of ether oxygens (including phenoxy) is 1. The second-order valence-corrected chi connectivity index (χ2v) is 4.33. The Labute approximate surface area is 105 Å². The highest BCUT2D eigenvalue weighted by Crippen LogP contribution is 2.20. The Kier molecular flexibility index (Phi) is 5.73. The van der Waals surface area contributed by atoms with Crippen molar-refractivity contribution in [2.24, 2.45) is 5.73 Å². The van der Waals surface area contributed by atoms with Crippen molar-refractivity contribution in [1.29, 1.82) is 0 Å². The second-order valence-electron chi connectivity index (χ2n) is 3.41. The molecule has 4 nitrogen and oxygen atoms in total. The summed E-state index contributed by atoms with van der Waals surface area (Å²) in [5.74, 6) is 0.949. The minimum atomic E-state index is 0.491. The maximum absolute atomic E-state index is 5.72. The number of anilines is 1. The Morgan fingerprint density at radius 1 is 1.56 bits per heavy atom. The smallest absolute Gasteiger partial charge is 0.133 e. The molecule has 0 aliphatic heterocycles. The molecule has 1 aromatic heterocycles. The number of pyridine rings is 1. The maximum Gasteiger partial charge on any atom is 0.133 e. The third-order valence-electron chi connectivity index (χ3n) is 2.38. The summed E-state index contributed by atoms with van der Waals surface area (Å²) in [7, 11) is 1.70. The molecule has 1 rings (SSSR count). The van der Waals surface area contributed by atoms with Crippen LogP contribution in [0, 0.1) is 0 Å². The van der Waals surface area contributed by atoms with Gasteiger partial charge in [0.1, 0.15) is 5.82 Å². The van der Waals surface area contributed by atoms with Crippen molar-refractivity contribution in [2.75, 3.05) is 31.7 Å². The SMILES string of the molecule is CCN(CCOC)c1ncc(Br)cc1CN. The van der Waals surface area contributed by atoms with Crippen molar-refractivity contribution < 1.29 is 4.74 Å². The molecule has 0 unspecified atom stereocenters. The average molecular weight is 288 g/mol. The number of nitrogens with zero attached hydrogens (tertiary/aromatic N) is 2. The standard InChI is InChI=1S/C11H18BrN3O/c1-3-15(4-5-16-2)11-9(7-13)6-10(12)8-14-11/h6,8H,3-5,7,13H2,1-2H3. The van der Waals surface area contributed by atoms with E-state index < -0.39 is 0 Å². The van der Waals surface area contributed by atoms with Crippen LogP contribution in [0.2, 0.25) is 0 Å². The molecule has 1 aromatic rings. The minimum Gasteiger partial charge on any atom is -0.383 e. The molecule has 1 heterocycles. The van der Waals surface area contributed by atoms with Gasteiger partial charge >= 0.3 is 0 Å². The quantitative estimate of drug-likeness (QED) is 0.867. The van der Waals surface area contributed by atoms with Crippen LogP contribution in [0.5, 0.6) is 0 Å². The van der Waals surface area contributed by atoms with Crippen molar-refractivity contribution in [3.05, 3.63) is 22.3 Å². The molecule has 5 heteroatoms. The first-order chi connectivity index (χ1) is 7.72. The van der Waals surface area contributed by atoms with Gasteiger partial charge in [0, 0.05) is 43.0 Å². The molecule has 0 fully saturated rings. The topological polar surface area (TPSA) is 51.4 Å². The van der Waals surface area contributed by atoms with Crippen LogP contribution in [0.3, 0.4) is 0 Å². The molecule has 0 atom stereocenters. The molecule has 16 heavy (non-hydrogen) atoms. The van der Waals surface area contributed by atoms with Crippen molar-refractivity contribution in [2.45, 2.75) is 13.5 Å². The molecule has 0 amide bonds. The summed E-state index contributed by atoms with van der Waals surface area (Å²) in [4.78, 5) is 6.58. The van der Waals surface area contributed by atoms with Gasteiger partial charge in [-0.3, -0.25) is 0 Å². The monoisotopic (exact) mass is 287 g/mol. The van der Waals surface area contributed by atoms with Crippen LogP contribution in [-0.2, 0) is 11.3 Å². The van der Waals surface area contributed by atoms with Gasteiger partial charge < -0.3 is 15.4 Å². The van der Waals surface area contributed by atoms with Crippen LogP contribution >= 0.6 is 15.9 Å². The highest BCUT2D eigenvalue weighted by molar-refractivity contribution is 9.10. The van der Waals surface area contributed by atoms with Crippen LogP contribution in [0.25, 0.3) is 0 Å². The zero-order chi connectivity index (χ0) is 12.0. The molecule has 2 N–H and O–H groups in total. The van der Waals surface area contributed by atoms with E-state index in [0.29, 0.717) is 13.2 Å². The highest BCUT2D eigenvalue weighted by Gasteiger charge is 2.10. The molecule has 0 aliphatic carbocycles. The van der Waals surface area contributed by atoms with E-state index in [1.165, 1.54) is 0 Å². The number of nitrogens with two attached hydrogens (primary N) is 1. The lowest BCUT2D eigenvalue weighted by molar-refractivity contribution is 0.205. The molecule has 0 radical (unpaired) electrons. The first-order valence-corrected chi connectivity index (χ1v) is 6.10. The van der Waals surface area contributed by atoms with Gasteiger partial charge in [-0.1, -0.05) is 0 Å². The molecule has 0 bridgehead atoms. The van der Waals surface area contributed by atoms with Crippen molar-refractivity contribution >= 4 is 21.7 Å². The third-order valence-corrected chi connectivity index (χ3v) is 2.81. The average Bonchev–Trinajstić information content (AvgIpc) is 2.31. The van der Waals surface area contributed by atoms with Gasteiger partial charge in [-0.15, -0.1) is 0 Å². The number of likely N-dealkylation sites (N-methyl/N-ethyl adjacent to an activating group) is 1. The molecule has 0 aliphatic rings. The number of methoxy groups -OCH3 is 1. The normalized spacial score (nSPS) is 10.5. The fourth-order valence-electron chi connectivity index (χ4n) is 1.52. The summed E-state index contributed by atoms with van der Waals surface area (Å²) in [6.07, 6.45) is 1.80. The Hall–Kier alpha value is -0.650. The fourth-order valence-corrected chi connectivity index (χ4v) is 1.90. The molecule has 0 aromatic carbocycles. The molecule has 0 saturated carbocycles. The zero-order valence-corrected chi connectivity index (χ0v) is 11.3. The molecule has 90 valence electrons. The lowest BCUT2D eigenvalue weighted by atomic mass is 10.2. The van der Waals surface area contributed by atoms with E-state index in [0.717, 1.165) is 28.9 Å². The number of hydrogen-bond acceptors (Lipinski definition) is 4. The van der Waals surface area contributed by atoms with Crippen LogP contribution in [0.1, 0.15) is 12.5 Å². The number of rotatable bonds is 6. The van der Waals surface area contributed by atoms with E-state index in [-0.39, 0.29) is 0 Å². The van der Waals surface area contributed by atoms with Crippen molar-refractivity contribution in [3.8, 4) is 0 Å². The predicted molar refractivity (Wildman–Crippen MR) is 69.6 cm³/mol. The van der Waals surface area contributed by atoms with Crippen molar-refractivity contribution in [1.82, 2.24) is 4.98 Å². The van der Waals surface area contributed by atoms with E-state index in [9.17, 15) is 0 Å². The van der Waals surface area contributed by atoms with E-state index in [4.69, 9.17) is 10.5 Å². The largest absolute Gasteiger partial charge is 0.383 e. The minimum absolute atomic E-state index is 0.491.